The highest BCUT2D eigenvalue weighted by Gasteiger charge is 2.25. The SMILES string of the molecule is Cc1cccc(C(=O)C2CCCS2)c1Br. The number of thioether (sulfide) groups is 1. The quantitative estimate of drug-likeness (QED) is 0.768. The maximum atomic E-state index is 12.2. The van der Waals surface area contributed by atoms with Crippen LogP contribution in [0.25, 0.3) is 0 Å². The molecule has 0 N–H and O–H groups in total. The lowest BCUT2D eigenvalue weighted by molar-refractivity contribution is 0.0987. The number of carbonyl (C=O) groups is 1. The predicted octanol–water partition coefficient (Wildman–Crippen LogP) is 3.84. The number of ketones is 1. The number of rotatable bonds is 2. The third kappa shape index (κ3) is 2.28. The number of halogens is 1. The Morgan fingerprint density at radius 1 is 1.53 bits per heavy atom. The van der Waals surface area contributed by atoms with Gasteiger partial charge in [-0.25, -0.2) is 0 Å². The third-order valence-electron chi connectivity index (χ3n) is 2.68. The molecule has 1 saturated heterocycles. The smallest absolute Gasteiger partial charge is 0.176 e. The summed E-state index contributed by atoms with van der Waals surface area (Å²) in [5, 5.41) is 0.183. The molecule has 0 radical (unpaired) electrons. The fourth-order valence-corrected chi connectivity index (χ4v) is 3.48. The van der Waals surface area contributed by atoms with Crippen LogP contribution in [0.4, 0.5) is 0 Å². The van der Waals surface area contributed by atoms with Crippen molar-refractivity contribution in [2.45, 2.75) is 25.0 Å². The molecule has 1 heterocycles. The van der Waals surface area contributed by atoms with E-state index in [2.05, 4.69) is 15.9 Å². The van der Waals surface area contributed by atoms with E-state index in [9.17, 15) is 4.79 Å². The van der Waals surface area contributed by atoms with Crippen LogP contribution in [-0.2, 0) is 0 Å². The number of hydrogen-bond donors (Lipinski definition) is 0. The second-order valence-corrected chi connectivity index (χ2v) is 5.91. The first-order valence-electron chi connectivity index (χ1n) is 5.11. The van der Waals surface area contributed by atoms with Crippen molar-refractivity contribution < 1.29 is 4.79 Å². The van der Waals surface area contributed by atoms with E-state index in [-0.39, 0.29) is 11.0 Å². The molecule has 0 bridgehead atoms. The van der Waals surface area contributed by atoms with Crippen LogP contribution in [0.15, 0.2) is 22.7 Å². The standard InChI is InChI=1S/C12H13BrOS/c1-8-4-2-5-9(11(8)13)12(14)10-6-3-7-15-10/h2,4-5,10H,3,6-7H2,1H3. The second-order valence-electron chi connectivity index (χ2n) is 3.80. The summed E-state index contributed by atoms with van der Waals surface area (Å²) in [4.78, 5) is 12.2. The normalized spacial score (nSPS) is 20.5. The van der Waals surface area contributed by atoms with Gasteiger partial charge in [0.2, 0.25) is 0 Å². The third-order valence-corrected chi connectivity index (χ3v) is 5.11. The van der Waals surface area contributed by atoms with Crippen molar-refractivity contribution in [3.05, 3.63) is 33.8 Å². The Morgan fingerprint density at radius 3 is 3.00 bits per heavy atom. The predicted molar refractivity (Wildman–Crippen MR) is 68.7 cm³/mol. The molecule has 0 spiro atoms. The van der Waals surface area contributed by atoms with Crippen LogP contribution in [-0.4, -0.2) is 16.8 Å². The fraction of sp³-hybridized carbons (Fsp3) is 0.417. The van der Waals surface area contributed by atoms with E-state index in [4.69, 9.17) is 0 Å². The molecular formula is C12H13BrOS. The van der Waals surface area contributed by atoms with Crippen LogP contribution in [0.1, 0.15) is 28.8 Å². The zero-order chi connectivity index (χ0) is 10.8. The van der Waals surface area contributed by atoms with Gasteiger partial charge < -0.3 is 0 Å². The Kier molecular flexibility index (Phi) is 3.52. The summed E-state index contributed by atoms with van der Waals surface area (Å²) >= 11 is 5.29. The van der Waals surface area contributed by atoms with E-state index in [1.165, 1.54) is 6.42 Å². The van der Waals surface area contributed by atoms with Gasteiger partial charge in [-0.05, 0) is 47.0 Å². The molecule has 1 aromatic carbocycles. The highest BCUT2D eigenvalue weighted by molar-refractivity contribution is 9.10. The average Bonchev–Trinajstić information content (AvgIpc) is 2.74. The summed E-state index contributed by atoms with van der Waals surface area (Å²) in [5.74, 6) is 1.41. The Morgan fingerprint density at radius 2 is 2.33 bits per heavy atom. The minimum Gasteiger partial charge on any atom is -0.293 e. The zero-order valence-electron chi connectivity index (χ0n) is 8.63. The van der Waals surface area contributed by atoms with Gasteiger partial charge in [0.15, 0.2) is 5.78 Å². The van der Waals surface area contributed by atoms with Gasteiger partial charge in [0, 0.05) is 10.0 Å². The number of hydrogen-bond acceptors (Lipinski definition) is 2. The van der Waals surface area contributed by atoms with E-state index in [1.807, 2.05) is 25.1 Å². The van der Waals surface area contributed by atoms with Gasteiger partial charge in [-0.15, -0.1) is 0 Å². The van der Waals surface area contributed by atoms with Gasteiger partial charge in [-0.3, -0.25) is 4.79 Å². The van der Waals surface area contributed by atoms with E-state index in [0.29, 0.717) is 0 Å². The molecule has 1 atom stereocenters. The van der Waals surface area contributed by atoms with Crippen LogP contribution in [0.3, 0.4) is 0 Å². The lowest BCUT2D eigenvalue weighted by Gasteiger charge is -2.10. The van der Waals surface area contributed by atoms with Gasteiger partial charge >= 0.3 is 0 Å². The van der Waals surface area contributed by atoms with Crippen molar-refractivity contribution >= 4 is 33.5 Å². The van der Waals surface area contributed by atoms with Crippen LogP contribution < -0.4 is 0 Å². The van der Waals surface area contributed by atoms with Crippen molar-refractivity contribution in [2.75, 3.05) is 5.75 Å². The molecule has 15 heavy (non-hydrogen) atoms. The molecule has 0 saturated carbocycles. The Balaban J connectivity index is 2.28. The highest BCUT2D eigenvalue weighted by atomic mass is 79.9. The van der Waals surface area contributed by atoms with Gasteiger partial charge in [0.25, 0.3) is 0 Å². The van der Waals surface area contributed by atoms with Gasteiger partial charge in [-0.2, -0.15) is 11.8 Å². The molecule has 1 aromatic rings. The summed E-state index contributed by atoms with van der Waals surface area (Å²) in [6.07, 6.45) is 2.20. The topological polar surface area (TPSA) is 17.1 Å². The van der Waals surface area contributed by atoms with Crippen molar-refractivity contribution in [3.8, 4) is 0 Å². The molecule has 1 aliphatic rings. The molecule has 1 fully saturated rings. The molecule has 0 amide bonds. The van der Waals surface area contributed by atoms with E-state index >= 15 is 0 Å². The van der Waals surface area contributed by atoms with Crippen LogP contribution in [0, 0.1) is 6.92 Å². The highest BCUT2D eigenvalue weighted by Crippen LogP contribution is 2.31. The summed E-state index contributed by atoms with van der Waals surface area (Å²) in [7, 11) is 0. The first-order chi connectivity index (χ1) is 7.20. The van der Waals surface area contributed by atoms with Crippen LogP contribution >= 0.6 is 27.7 Å². The zero-order valence-corrected chi connectivity index (χ0v) is 11.0. The monoisotopic (exact) mass is 284 g/mol. The molecule has 0 aromatic heterocycles. The lowest BCUT2D eigenvalue weighted by Crippen LogP contribution is -2.14. The maximum Gasteiger partial charge on any atom is 0.176 e. The van der Waals surface area contributed by atoms with E-state index < -0.39 is 0 Å². The summed E-state index contributed by atoms with van der Waals surface area (Å²) < 4.78 is 0.961. The molecule has 0 aliphatic carbocycles. The van der Waals surface area contributed by atoms with Crippen molar-refractivity contribution in [1.29, 1.82) is 0 Å². The first-order valence-corrected chi connectivity index (χ1v) is 6.95. The van der Waals surface area contributed by atoms with Crippen LogP contribution in [0.5, 0.6) is 0 Å². The number of aryl methyl sites for hydroxylation is 1. The Bertz CT molecular complexity index is 383. The van der Waals surface area contributed by atoms with Crippen molar-refractivity contribution in [2.24, 2.45) is 0 Å². The number of carbonyl (C=O) groups excluding carboxylic acids is 1. The minimum atomic E-state index is 0.183. The molecule has 80 valence electrons. The van der Waals surface area contributed by atoms with Gasteiger partial charge in [-0.1, -0.05) is 18.2 Å². The maximum absolute atomic E-state index is 12.2. The van der Waals surface area contributed by atoms with E-state index in [1.54, 1.807) is 11.8 Å². The summed E-state index contributed by atoms with van der Waals surface area (Å²) in [5.41, 5.74) is 1.97. The van der Waals surface area contributed by atoms with Gasteiger partial charge in [0.05, 0.1) is 5.25 Å². The first kappa shape index (κ1) is 11.2. The fourth-order valence-electron chi connectivity index (χ4n) is 1.80. The molecule has 3 heteroatoms. The van der Waals surface area contributed by atoms with Crippen LogP contribution in [0.2, 0.25) is 0 Å². The minimum absolute atomic E-state index is 0.183. The molecular weight excluding hydrogens is 272 g/mol. The largest absolute Gasteiger partial charge is 0.293 e. The molecule has 1 nitrogen and oxygen atoms in total. The van der Waals surface area contributed by atoms with E-state index in [0.717, 1.165) is 27.8 Å². The summed E-state index contributed by atoms with van der Waals surface area (Å²) in [6.45, 7) is 2.02. The van der Waals surface area contributed by atoms with Crippen molar-refractivity contribution in [1.82, 2.24) is 0 Å². The lowest BCUT2D eigenvalue weighted by atomic mass is 10.0. The second kappa shape index (κ2) is 4.71. The van der Waals surface area contributed by atoms with Crippen molar-refractivity contribution in [3.63, 3.8) is 0 Å². The average molecular weight is 285 g/mol. The van der Waals surface area contributed by atoms with Gasteiger partial charge in [0.1, 0.15) is 0 Å². The summed E-state index contributed by atoms with van der Waals surface area (Å²) in [6, 6.07) is 5.88. The number of Topliss-reactive ketones (excluding diaryl/α,β-unsaturated/α-hetero) is 1. The Labute approximate surface area is 103 Å². The Hall–Kier alpha value is -0.280. The molecule has 1 unspecified atom stereocenters. The molecule has 2 rings (SSSR count). The number of benzene rings is 1. The molecule has 1 aliphatic heterocycles.